The van der Waals surface area contributed by atoms with Gasteiger partial charge >= 0.3 is 0 Å². The first-order chi connectivity index (χ1) is 9.24. The van der Waals surface area contributed by atoms with Crippen molar-refractivity contribution in [2.75, 3.05) is 13.7 Å². The monoisotopic (exact) mass is 342 g/mol. The summed E-state index contributed by atoms with van der Waals surface area (Å²) in [5, 5.41) is 1.96. The van der Waals surface area contributed by atoms with Crippen molar-refractivity contribution in [1.29, 1.82) is 0 Å². The molecule has 0 aliphatic heterocycles. The normalized spacial score (nSPS) is 10.5. The number of thiazole rings is 1. The predicted octanol–water partition coefficient (Wildman–Crippen LogP) is 2.99. The topological polar surface area (TPSA) is 57.4 Å². The van der Waals surface area contributed by atoms with Gasteiger partial charge in [-0.2, -0.15) is 0 Å². The fourth-order valence-electron chi connectivity index (χ4n) is 1.68. The second kappa shape index (κ2) is 6.88. The van der Waals surface area contributed by atoms with Crippen LogP contribution in [-0.2, 0) is 13.0 Å². The average Bonchev–Trinajstić information content (AvgIpc) is 2.90. The molecule has 0 bridgehead atoms. The molecule has 0 saturated carbocycles. The van der Waals surface area contributed by atoms with Crippen LogP contribution >= 0.6 is 27.3 Å². The molecule has 2 rings (SSSR count). The number of rotatable bonds is 6. The van der Waals surface area contributed by atoms with E-state index in [1.54, 1.807) is 24.0 Å². The van der Waals surface area contributed by atoms with Crippen molar-refractivity contribution >= 4 is 27.3 Å². The van der Waals surface area contributed by atoms with Gasteiger partial charge in [-0.1, -0.05) is 0 Å². The maximum atomic E-state index is 5.78. The van der Waals surface area contributed by atoms with Gasteiger partial charge in [-0.3, -0.25) is 0 Å². The Morgan fingerprint density at radius 1 is 1.42 bits per heavy atom. The molecule has 1 aromatic carbocycles. The van der Waals surface area contributed by atoms with Crippen molar-refractivity contribution in [1.82, 2.24) is 4.98 Å². The summed E-state index contributed by atoms with van der Waals surface area (Å²) >= 11 is 5.06. The Morgan fingerprint density at radius 3 is 2.89 bits per heavy atom. The number of methoxy groups -OCH3 is 1. The highest BCUT2D eigenvalue weighted by Crippen LogP contribution is 2.37. The van der Waals surface area contributed by atoms with Gasteiger partial charge in [0.1, 0.15) is 6.61 Å². The lowest BCUT2D eigenvalue weighted by Crippen LogP contribution is -2.04. The summed E-state index contributed by atoms with van der Waals surface area (Å²) in [6.07, 6.45) is 0.807. The summed E-state index contributed by atoms with van der Waals surface area (Å²) < 4.78 is 12.0. The number of nitrogens with two attached hydrogens (primary N) is 1. The van der Waals surface area contributed by atoms with Gasteiger partial charge in [-0.15, -0.1) is 11.3 Å². The molecular formula is C13H15BrN2O2S. The molecule has 1 heterocycles. The van der Waals surface area contributed by atoms with Crippen LogP contribution in [0.4, 0.5) is 0 Å². The van der Waals surface area contributed by atoms with Crippen molar-refractivity contribution < 1.29 is 9.47 Å². The smallest absolute Gasteiger partial charge is 0.175 e. The molecule has 19 heavy (non-hydrogen) atoms. The van der Waals surface area contributed by atoms with E-state index in [1.165, 1.54) is 0 Å². The van der Waals surface area contributed by atoms with Gasteiger partial charge in [0.25, 0.3) is 0 Å². The lowest BCUT2D eigenvalue weighted by Gasteiger charge is -2.13. The van der Waals surface area contributed by atoms with Crippen LogP contribution < -0.4 is 15.2 Å². The van der Waals surface area contributed by atoms with E-state index in [1.807, 2.05) is 17.5 Å². The third kappa shape index (κ3) is 3.68. The molecule has 2 aromatic rings. The van der Waals surface area contributed by atoms with Crippen molar-refractivity contribution in [3.63, 3.8) is 0 Å². The minimum Gasteiger partial charge on any atom is -0.493 e. The quantitative estimate of drug-likeness (QED) is 0.876. The van der Waals surface area contributed by atoms with Gasteiger partial charge in [0, 0.05) is 5.38 Å². The molecule has 0 spiro atoms. The van der Waals surface area contributed by atoms with Gasteiger partial charge in [-0.05, 0) is 46.6 Å². The SMILES string of the molecule is COc1cc(CCN)cc(Br)c1OCc1cscn1. The van der Waals surface area contributed by atoms with Crippen molar-refractivity contribution in [2.24, 2.45) is 5.73 Å². The van der Waals surface area contributed by atoms with Crippen molar-refractivity contribution in [3.05, 3.63) is 38.8 Å². The highest BCUT2D eigenvalue weighted by molar-refractivity contribution is 9.10. The number of nitrogens with zero attached hydrogens (tertiary/aromatic N) is 1. The first-order valence-corrected chi connectivity index (χ1v) is 7.54. The number of hydrogen-bond donors (Lipinski definition) is 1. The summed E-state index contributed by atoms with van der Waals surface area (Å²) in [7, 11) is 1.63. The summed E-state index contributed by atoms with van der Waals surface area (Å²) in [6.45, 7) is 1.03. The number of benzene rings is 1. The van der Waals surface area contributed by atoms with E-state index in [4.69, 9.17) is 15.2 Å². The molecule has 0 saturated heterocycles. The molecule has 0 fully saturated rings. The van der Waals surface area contributed by atoms with Gasteiger partial charge in [0.15, 0.2) is 11.5 Å². The molecule has 0 unspecified atom stereocenters. The second-order valence-corrected chi connectivity index (χ2v) is 5.49. The number of hydrogen-bond acceptors (Lipinski definition) is 5. The maximum Gasteiger partial charge on any atom is 0.175 e. The molecule has 0 amide bonds. The molecule has 0 atom stereocenters. The third-order valence-electron chi connectivity index (χ3n) is 2.57. The molecule has 0 aliphatic rings. The molecule has 1 aromatic heterocycles. The fourth-order valence-corrected chi connectivity index (χ4v) is 2.83. The summed E-state index contributed by atoms with van der Waals surface area (Å²) in [4.78, 5) is 4.18. The lowest BCUT2D eigenvalue weighted by atomic mass is 10.1. The molecule has 6 heteroatoms. The Hall–Kier alpha value is -1.11. The van der Waals surface area contributed by atoms with Crippen LogP contribution in [-0.4, -0.2) is 18.6 Å². The van der Waals surface area contributed by atoms with Crippen LogP contribution in [0.5, 0.6) is 11.5 Å². The number of halogens is 1. The Kier molecular flexibility index (Phi) is 5.18. The number of aromatic nitrogens is 1. The second-order valence-electron chi connectivity index (χ2n) is 3.92. The molecule has 2 N–H and O–H groups in total. The zero-order chi connectivity index (χ0) is 13.7. The largest absolute Gasteiger partial charge is 0.493 e. The van der Waals surface area contributed by atoms with Gasteiger partial charge in [0.2, 0.25) is 0 Å². The van der Waals surface area contributed by atoms with E-state index in [2.05, 4.69) is 20.9 Å². The van der Waals surface area contributed by atoms with Crippen LogP contribution in [0.3, 0.4) is 0 Å². The maximum absolute atomic E-state index is 5.78. The Labute approximate surface area is 124 Å². The first-order valence-electron chi connectivity index (χ1n) is 5.81. The highest BCUT2D eigenvalue weighted by atomic mass is 79.9. The fraction of sp³-hybridized carbons (Fsp3) is 0.308. The molecule has 102 valence electrons. The van der Waals surface area contributed by atoms with Gasteiger partial charge in [0.05, 0.1) is 22.8 Å². The highest BCUT2D eigenvalue weighted by Gasteiger charge is 2.12. The van der Waals surface area contributed by atoms with Crippen LogP contribution in [0.25, 0.3) is 0 Å². The van der Waals surface area contributed by atoms with Gasteiger partial charge < -0.3 is 15.2 Å². The predicted molar refractivity (Wildman–Crippen MR) is 79.9 cm³/mol. The minimum absolute atomic E-state index is 0.425. The van der Waals surface area contributed by atoms with Crippen LogP contribution in [0.1, 0.15) is 11.3 Å². The summed E-state index contributed by atoms with van der Waals surface area (Å²) in [6, 6.07) is 3.96. The lowest BCUT2D eigenvalue weighted by molar-refractivity contribution is 0.279. The van der Waals surface area contributed by atoms with E-state index in [-0.39, 0.29) is 0 Å². The van der Waals surface area contributed by atoms with E-state index in [0.29, 0.717) is 24.7 Å². The van der Waals surface area contributed by atoms with Crippen LogP contribution in [0.15, 0.2) is 27.5 Å². The third-order valence-corrected chi connectivity index (χ3v) is 3.79. The standard InChI is InChI=1S/C13H15BrN2O2S/c1-17-12-5-9(2-3-15)4-11(14)13(12)18-6-10-7-19-8-16-10/h4-5,7-8H,2-3,6,15H2,1H3. The first kappa shape index (κ1) is 14.3. The summed E-state index contributed by atoms with van der Waals surface area (Å²) in [5.41, 5.74) is 9.38. The Balaban J connectivity index is 2.18. The molecule has 0 radical (unpaired) electrons. The molecule has 4 nitrogen and oxygen atoms in total. The number of ether oxygens (including phenoxy) is 2. The zero-order valence-electron chi connectivity index (χ0n) is 10.6. The van der Waals surface area contributed by atoms with E-state index < -0.39 is 0 Å². The minimum atomic E-state index is 0.425. The Morgan fingerprint density at radius 2 is 2.26 bits per heavy atom. The van der Waals surface area contributed by atoms with E-state index in [0.717, 1.165) is 22.2 Å². The van der Waals surface area contributed by atoms with E-state index in [9.17, 15) is 0 Å². The van der Waals surface area contributed by atoms with Crippen LogP contribution in [0, 0.1) is 0 Å². The summed E-state index contributed by atoms with van der Waals surface area (Å²) in [5.74, 6) is 1.39. The van der Waals surface area contributed by atoms with Crippen LogP contribution in [0.2, 0.25) is 0 Å². The molecule has 0 aliphatic carbocycles. The average molecular weight is 343 g/mol. The van der Waals surface area contributed by atoms with E-state index >= 15 is 0 Å². The van der Waals surface area contributed by atoms with Crippen molar-refractivity contribution in [3.8, 4) is 11.5 Å². The molecular weight excluding hydrogens is 328 g/mol. The van der Waals surface area contributed by atoms with Gasteiger partial charge in [-0.25, -0.2) is 4.98 Å². The Bertz CT molecular complexity index is 532. The zero-order valence-corrected chi connectivity index (χ0v) is 13.0. The van der Waals surface area contributed by atoms with Crippen molar-refractivity contribution in [2.45, 2.75) is 13.0 Å².